The second-order valence-electron chi connectivity index (χ2n) is 7.51. The molecule has 0 aliphatic carbocycles. The number of hydrogen-bond donors (Lipinski definition) is 0. The quantitative estimate of drug-likeness (QED) is 0.313. The third-order valence-corrected chi connectivity index (χ3v) is 5.57. The van der Waals surface area contributed by atoms with Crippen LogP contribution >= 0.6 is 15.9 Å². The van der Waals surface area contributed by atoms with Gasteiger partial charge in [0.15, 0.2) is 17.2 Å². The van der Waals surface area contributed by atoms with E-state index < -0.39 is 5.97 Å². The maximum atomic E-state index is 12.3. The van der Waals surface area contributed by atoms with Gasteiger partial charge >= 0.3 is 5.97 Å². The summed E-state index contributed by atoms with van der Waals surface area (Å²) in [6.45, 7) is 4.45. The summed E-state index contributed by atoms with van der Waals surface area (Å²) in [6.07, 6.45) is 1.67. The zero-order valence-corrected chi connectivity index (χ0v) is 19.6. The molecular formula is C26H22BrNO4. The van der Waals surface area contributed by atoms with Gasteiger partial charge in [0.1, 0.15) is 6.61 Å². The molecule has 1 aliphatic heterocycles. The first-order valence-corrected chi connectivity index (χ1v) is 10.9. The van der Waals surface area contributed by atoms with E-state index in [1.54, 1.807) is 19.3 Å². The predicted octanol–water partition coefficient (Wildman–Crippen LogP) is 6.00. The molecule has 0 fully saturated rings. The SMILES string of the molecule is COc1cc(/C=C2\N=C(c3ccc(C)cc3)OC2=O)cc(Br)c1OCc1ccc(C)cc1. The molecule has 4 rings (SSSR count). The highest BCUT2D eigenvalue weighted by Crippen LogP contribution is 2.38. The van der Waals surface area contributed by atoms with Crippen molar-refractivity contribution in [2.45, 2.75) is 20.5 Å². The van der Waals surface area contributed by atoms with E-state index in [0.717, 1.165) is 22.3 Å². The van der Waals surface area contributed by atoms with Crippen LogP contribution in [0.4, 0.5) is 0 Å². The van der Waals surface area contributed by atoms with Gasteiger partial charge in [-0.3, -0.25) is 0 Å². The number of ether oxygens (including phenoxy) is 3. The number of carbonyl (C=O) groups excluding carboxylic acids is 1. The molecule has 1 aliphatic rings. The Kier molecular flexibility index (Phi) is 6.42. The molecule has 0 amide bonds. The Hall–Kier alpha value is -3.38. The summed E-state index contributed by atoms with van der Waals surface area (Å²) in [7, 11) is 1.58. The minimum Gasteiger partial charge on any atom is -0.493 e. The third kappa shape index (κ3) is 4.92. The fourth-order valence-corrected chi connectivity index (χ4v) is 3.76. The molecule has 3 aromatic rings. The van der Waals surface area contributed by atoms with Crippen molar-refractivity contribution in [1.82, 2.24) is 0 Å². The molecule has 0 spiro atoms. The van der Waals surface area contributed by atoms with E-state index in [1.165, 1.54) is 5.56 Å². The van der Waals surface area contributed by atoms with Crippen LogP contribution in [-0.4, -0.2) is 19.0 Å². The summed E-state index contributed by atoms with van der Waals surface area (Å²) >= 11 is 3.56. The second-order valence-corrected chi connectivity index (χ2v) is 8.36. The third-order valence-electron chi connectivity index (χ3n) is 4.98. The Bertz CT molecular complexity index is 1210. The molecule has 0 unspecified atom stereocenters. The first-order valence-electron chi connectivity index (χ1n) is 10.1. The molecule has 3 aromatic carbocycles. The van der Waals surface area contributed by atoms with Crippen LogP contribution in [0, 0.1) is 13.8 Å². The van der Waals surface area contributed by atoms with Gasteiger partial charge < -0.3 is 14.2 Å². The minimum absolute atomic E-state index is 0.225. The van der Waals surface area contributed by atoms with Gasteiger partial charge in [-0.15, -0.1) is 0 Å². The summed E-state index contributed by atoms with van der Waals surface area (Å²) in [4.78, 5) is 16.7. The minimum atomic E-state index is -0.490. The summed E-state index contributed by atoms with van der Waals surface area (Å²) in [5.74, 6) is 0.946. The zero-order chi connectivity index (χ0) is 22.7. The van der Waals surface area contributed by atoms with Crippen molar-refractivity contribution in [1.29, 1.82) is 0 Å². The summed E-state index contributed by atoms with van der Waals surface area (Å²) in [5, 5.41) is 0. The molecule has 0 aromatic heterocycles. The fourth-order valence-electron chi connectivity index (χ4n) is 3.19. The number of nitrogens with zero attached hydrogens (tertiary/aromatic N) is 1. The maximum Gasteiger partial charge on any atom is 0.363 e. The molecule has 0 N–H and O–H groups in total. The molecule has 0 saturated carbocycles. The lowest BCUT2D eigenvalue weighted by atomic mass is 10.1. The second kappa shape index (κ2) is 9.40. The van der Waals surface area contributed by atoms with Crippen molar-refractivity contribution in [3.8, 4) is 11.5 Å². The lowest BCUT2D eigenvalue weighted by Gasteiger charge is -2.14. The van der Waals surface area contributed by atoms with Crippen LogP contribution in [0.2, 0.25) is 0 Å². The Balaban J connectivity index is 1.58. The standard InChI is InChI=1S/C26H22BrNO4/c1-16-4-8-18(9-5-16)15-31-24-21(27)12-19(14-23(24)30-3)13-22-26(29)32-25(28-22)20-10-6-17(2)7-11-20/h4-14H,15H2,1-3H3/b22-13-. The smallest absolute Gasteiger partial charge is 0.363 e. The number of aliphatic imine (C=N–C) groups is 1. The van der Waals surface area contributed by atoms with Crippen molar-refractivity contribution >= 4 is 33.9 Å². The van der Waals surface area contributed by atoms with Crippen LogP contribution < -0.4 is 9.47 Å². The van der Waals surface area contributed by atoms with Crippen LogP contribution in [-0.2, 0) is 16.1 Å². The highest BCUT2D eigenvalue weighted by molar-refractivity contribution is 9.10. The number of carbonyl (C=O) groups is 1. The van der Waals surface area contributed by atoms with E-state index >= 15 is 0 Å². The molecule has 6 heteroatoms. The van der Waals surface area contributed by atoms with Crippen molar-refractivity contribution in [3.63, 3.8) is 0 Å². The van der Waals surface area contributed by atoms with Gasteiger partial charge in [0.25, 0.3) is 0 Å². The molecule has 1 heterocycles. The lowest BCUT2D eigenvalue weighted by Crippen LogP contribution is -2.05. The van der Waals surface area contributed by atoms with E-state index in [4.69, 9.17) is 14.2 Å². The zero-order valence-electron chi connectivity index (χ0n) is 18.0. The van der Waals surface area contributed by atoms with Crippen LogP contribution in [0.1, 0.15) is 27.8 Å². The number of methoxy groups -OCH3 is 1. The number of cyclic esters (lactones) is 1. The largest absolute Gasteiger partial charge is 0.493 e. The molecule has 0 bridgehead atoms. The number of esters is 1. The summed E-state index contributed by atoms with van der Waals surface area (Å²) in [5.41, 5.74) is 5.09. The number of aryl methyl sites for hydroxylation is 2. The first kappa shape index (κ1) is 21.8. The van der Waals surface area contributed by atoms with Crippen LogP contribution in [0.3, 0.4) is 0 Å². The topological polar surface area (TPSA) is 57.1 Å². The van der Waals surface area contributed by atoms with Gasteiger partial charge in [0, 0.05) is 5.56 Å². The maximum absolute atomic E-state index is 12.3. The molecule has 32 heavy (non-hydrogen) atoms. The average molecular weight is 492 g/mol. The van der Waals surface area contributed by atoms with Crippen molar-refractivity contribution in [2.24, 2.45) is 4.99 Å². The summed E-state index contributed by atoms with van der Waals surface area (Å²) < 4.78 is 17.6. The lowest BCUT2D eigenvalue weighted by molar-refractivity contribution is -0.129. The molecule has 162 valence electrons. The normalized spacial score (nSPS) is 14.3. The molecule has 0 radical (unpaired) electrons. The number of benzene rings is 3. The van der Waals surface area contributed by atoms with Gasteiger partial charge in [-0.2, -0.15) is 0 Å². The Morgan fingerprint density at radius 1 is 1.00 bits per heavy atom. The van der Waals surface area contributed by atoms with Crippen LogP contribution in [0.15, 0.2) is 75.8 Å². The monoisotopic (exact) mass is 491 g/mol. The van der Waals surface area contributed by atoms with E-state index in [2.05, 4.69) is 20.9 Å². The average Bonchev–Trinajstić information content (AvgIpc) is 3.14. The highest BCUT2D eigenvalue weighted by Gasteiger charge is 2.24. The highest BCUT2D eigenvalue weighted by atomic mass is 79.9. The molecule has 0 saturated heterocycles. The first-order chi connectivity index (χ1) is 15.4. The number of halogens is 1. The van der Waals surface area contributed by atoms with E-state index in [1.807, 2.05) is 68.4 Å². The Labute approximate surface area is 195 Å². The van der Waals surface area contributed by atoms with Gasteiger partial charge in [-0.1, -0.05) is 47.5 Å². The Morgan fingerprint density at radius 3 is 2.31 bits per heavy atom. The van der Waals surface area contributed by atoms with Gasteiger partial charge in [0.05, 0.1) is 11.6 Å². The fraction of sp³-hybridized carbons (Fsp3) is 0.154. The van der Waals surface area contributed by atoms with Crippen molar-refractivity contribution in [2.75, 3.05) is 7.11 Å². The van der Waals surface area contributed by atoms with Gasteiger partial charge in [-0.25, -0.2) is 9.79 Å². The van der Waals surface area contributed by atoms with Crippen molar-refractivity contribution < 1.29 is 19.0 Å². The summed E-state index contributed by atoms with van der Waals surface area (Å²) in [6, 6.07) is 19.5. The predicted molar refractivity (Wildman–Crippen MR) is 128 cm³/mol. The molecule has 5 nitrogen and oxygen atoms in total. The van der Waals surface area contributed by atoms with Crippen LogP contribution in [0.5, 0.6) is 11.5 Å². The van der Waals surface area contributed by atoms with E-state index in [-0.39, 0.29) is 5.70 Å². The van der Waals surface area contributed by atoms with Gasteiger partial charge in [-0.05, 0) is 71.2 Å². The van der Waals surface area contributed by atoms with E-state index in [9.17, 15) is 4.79 Å². The Morgan fingerprint density at radius 2 is 1.66 bits per heavy atom. The van der Waals surface area contributed by atoms with Crippen molar-refractivity contribution in [3.05, 3.63) is 98.7 Å². The number of rotatable bonds is 6. The van der Waals surface area contributed by atoms with Gasteiger partial charge in [0.2, 0.25) is 5.90 Å². The van der Waals surface area contributed by atoms with Crippen LogP contribution in [0.25, 0.3) is 6.08 Å². The van der Waals surface area contributed by atoms with E-state index in [0.29, 0.717) is 28.5 Å². The molecule has 0 atom stereocenters. The molecular weight excluding hydrogens is 470 g/mol. The number of hydrogen-bond acceptors (Lipinski definition) is 5.